The first kappa shape index (κ1) is 11.0. The minimum absolute atomic E-state index is 0.447. The molecular weight excluding hydrogens is 190 g/mol. The predicted molar refractivity (Wildman–Crippen MR) is 60.4 cm³/mol. The van der Waals surface area contributed by atoms with Crippen molar-refractivity contribution < 1.29 is 9.53 Å². The van der Waals surface area contributed by atoms with Crippen LogP contribution < -0.4 is 5.73 Å². The van der Waals surface area contributed by atoms with Crippen molar-refractivity contribution >= 4 is 17.9 Å². The van der Waals surface area contributed by atoms with Crippen LogP contribution in [0.15, 0.2) is 42.5 Å². The quantitative estimate of drug-likeness (QED) is 0.463. The van der Waals surface area contributed by atoms with E-state index in [1.807, 2.05) is 13.0 Å². The summed E-state index contributed by atoms with van der Waals surface area (Å²) in [5.74, 6) is 0.447. The topological polar surface area (TPSA) is 52.3 Å². The lowest BCUT2D eigenvalue weighted by Gasteiger charge is -2.03. The van der Waals surface area contributed by atoms with Gasteiger partial charge in [-0.1, -0.05) is 12.2 Å². The molecular formula is C12H12NO2. The molecule has 0 saturated heterocycles. The number of benzene rings is 1. The first-order valence-corrected chi connectivity index (χ1v) is 4.51. The number of hydrogen-bond donors (Lipinski definition) is 1. The van der Waals surface area contributed by atoms with Crippen LogP contribution in [-0.4, -0.2) is 6.47 Å². The molecule has 0 aliphatic heterocycles. The average molecular weight is 202 g/mol. The van der Waals surface area contributed by atoms with Gasteiger partial charge in [0.1, 0.15) is 5.76 Å². The highest BCUT2D eigenvalue weighted by atomic mass is 16.5. The van der Waals surface area contributed by atoms with E-state index in [1.54, 1.807) is 36.4 Å². The molecule has 0 heterocycles. The van der Waals surface area contributed by atoms with E-state index < -0.39 is 0 Å². The van der Waals surface area contributed by atoms with E-state index >= 15 is 0 Å². The molecule has 2 N–H and O–H groups in total. The number of anilines is 1. The van der Waals surface area contributed by atoms with Gasteiger partial charge in [-0.05, 0) is 37.3 Å². The van der Waals surface area contributed by atoms with Gasteiger partial charge in [0.2, 0.25) is 0 Å². The molecule has 1 radical (unpaired) electrons. The average Bonchev–Trinajstić information content (AvgIpc) is 2.25. The van der Waals surface area contributed by atoms with Gasteiger partial charge in [0.25, 0.3) is 0 Å². The number of nitrogens with two attached hydrogens (primary N) is 1. The highest BCUT2D eigenvalue weighted by molar-refractivity contribution is 5.68. The van der Waals surface area contributed by atoms with E-state index in [0.717, 1.165) is 5.56 Å². The van der Waals surface area contributed by atoms with Gasteiger partial charge in [-0.15, -0.1) is 0 Å². The highest BCUT2D eigenvalue weighted by Gasteiger charge is 2.01. The zero-order chi connectivity index (χ0) is 11.1. The van der Waals surface area contributed by atoms with Crippen LogP contribution in [0.1, 0.15) is 12.5 Å². The highest BCUT2D eigenvalue weighted by Crippen LogP contribution is 2.16. The molecule has 0 aliphatic rings. The van der Waals surface area contributed by atoms with Gasteiger partial charge in [-0.25, -0.2) is 4.79 Å². The maximum atomic E-state index is 10.2. The minimum Gasteiger partial charge on any atom is -0.417 e. The molecule has 0 saturated carbocycles. The molecule has 0 aliphatic carbocycles. The molecule has 77 valence electrons. The second kappa shape index (κ2) is 5.65. The summed E-state index contributed by atoms with van der Waals surface area (Å²) in [5, 5.41) is 0. The van der Waals surface area contributed by atoms with Gasteiger partial charge < -0.3 is 10.5 Å². The minimum atomic E-state index is 0.447. The predicted octanol–water partition coefficient (Wildman–Crippen LogP) is 2.27. The first-order valence-electron chi connectivity index (χ1n) is 4.51. The number of hydrogen-bond acceptors (Lipinski definition) is 3. The van der Waals surface area contributed by atoms with Crippen molar-refractivity contribution in [3.05, 3.63) is 48.1 Å². The van der Waals surface area contributed by atoms with Crippen molar-refractivity contribution in [3.63, 3.8) is 0 Å². The summed E-state index contributed by atoms with van der Waals surface area (Å²) in [7, 11) is 0. The Labute approximate surface area is 88.9 Å². The molecule has 1 rings (SSSR count). The van der Waals surface area contributed by atoms with E-state index in [0.29, 0.717) is 11.4 Å². The Morgan fingerprint density at radius 3 is 2.60 bits per heavy atom. The van der Waals surface area contributed by atoms with Crippen LogP contribution in [0.2, 0.25) is 0 Å². The van der Waals surface area contributed by atoms with Crippen molar-refractivity contribution in [1.29, 1.82) is 0 Å². The Morgan fingerprint density at radius 2 is 2.07 bits per heavy atom. The number of carbonyl (C=O) groups excluding carboxylic acids is 1. The molecule has 1 aromatic rings. The molecule has 0 aromatic heterocycles. The van der Waals surface area contributed by atoms with Crippen molar-refractivity contribution in [2.24, 2.45) is 0 Å². The molecule has 3 nitrogen and oxygen atoms in total. The lowest BCUT2D eigenvalue weighted by Crippen LogP contribution is -1.91. The first-order chi connectivity index (χ1) is 7.27. The van der Waals surface area contributed by atoms with E-state index in [-0.39, 0.29) is 0 Å². The van der Waals surface area contributed by atoms with Crippen LogP contribution in [0, 0.1) is 0 Å². The zero-order valence-corrected chi connectivity index (χ0v) is 8.44. The van der Waals surface area contributed by atoms with E-state index in [1.165, 1.54) is 6.47 Å². The molecule has 0 bridgehead atoms. The van der Waals surface area contributed by atoms with Gasteiger partial charge in [-0.3, -0.25) is 0 Å². The Morgan fingerprint density at radius 1 is 1.40 bits per heavy atom. The Kier molecular flexibility index (Phi) is 4.16. The fraction of sp³-hybridized carbons (Fsp3) is 0.0833. The maximum absolute atomic E-state index is 10.2. The van der Waals surface area contributed by atoms with Crippen LogP contribution in [0.5, 0.6) is 0 Å². The summed E-state index contributed by atoms with van der Waals surface area (Å²) in [4.78, 5) is 10.2. The fourth-order valence-corrected chi connectivity index (χ4v) is 1.07. The monoisotopic (exact) mass is 202 g/mol. The lowest BCUT2D eigenvalue weighted by atomic mass is 10.1. The normalized spacial score (nSPS) is 11.7. The third-order valence-electron chi connectivity index (χ3n) is 1.79. The smallest absolute Gasteiger partial charge is 0.417 e. The summed E-state index contributed by atoms with van der Waals surface area (Å²) < 4.78 is 4.73. The summed E-state index contributed by atoms with van der Waals surface area (Å²) in [6, 6.07) is 7.05. The van der Waals surface area contributed by atoms with Crippen LogP contribution in [0.4, 0.5) is 5.69 Å². The SMILES string of the molecule is CC=CC=C(O[C]=O)c1ccc(N)cc1. The summed E-state index contributed by atoms with van der Waals surface area (Å²) in [5.41, 5.74) is 7.00. The zero-order valence-electron chi connectivity index (χ0n) is 8.44. The van der Waals surface area contributed by atoms with Crippen LogP contribution >= 0.6 is 0 Å². The third kappa shape index (κ3) is 3.31. The number of rotatable bonds is 4. The van der Waals surface area contributed by atoms with Crippen molar-refractivity contribution in [1.82, 2.24) is 0 Å². The molecule has 0 atom stereocenters. The summed E-state index contributed by atoms with van der Waals surface area (Å²) >= 11 is 0. The van der Waals surface area contributed by atoms with Gasteiger partial charge in [0.15, 0.2) is 0 Å². The van der Waals surface area contributed by atoms with E-state index in [2.05, 4.69) is 0 Å². The number of nitrogen functional groups attached to an aromatic ring is 1. The van der Waals surface area contributed by atoms with E-state index in [9.17, 15) is 4.79 Å². The molecule has 0 fully saturated rings. The van der Waals surface area contributed by atoms with Crippen LogP contribution in [0.3, 0.4) is 0 Å². The largest absolute Gasteiger partial charge is 0.423 e. The lowest BCUT2D eigenvalue weighted by molar-refractivity contribution is 0.418. The van der Waals surface area contributed by atoms with Gasteiger partial charge in [-0.2, -0.15) is 0 Å². The Balaban J connectivity index is 2.98. The van der Waals surface area contributed by atoms with Crippen LogP contribution in [-0.2, 0) is 9.53 Å². The summed E-state index contributed by atoms with van der Waals surface area (Å²) in [6.45, 7) is 3.28. The van der Waals surface area contributed by atoms with Crippen molar-refractivity contribution in [2.45, 2.75) is 6.92 Å². The number of ether oxygens (including phenoxy) is 1. The maximum Gasteiger partial charge on any atom is 0.423 e. The third-order valence-corrected chi connectivity index (χ3v) is 1.79. The molecule has 1 aromatic carbocycles. The van der Waals surface area contributed by atoms with E-state index in [4.69, 9.17) is 10.5 Å². The molecule has 15 heavy (non-hydrogen) atoms. The molecule has 0 amide bonds. The second-order valence-electron chi connectivity index (χ2n) is 2.86. The summed E-state index contributed by atoms with van der Waals surface area (Å²) in [6.07, 6.45) is 5.31. The van der Waals surface area contributed by atoms with Crippen LogP contribution in [0.25, 0.3) is 5.76 Å². The Hall–Kier alpha value is -2.03. The second-order valence-corrected chi connectivity index (χ2v) is 2.86. The molecule has 3 heteroatoms. The van der Waals surface area contributed by atoms with Gasteiger partial charge in [0, 0.05) is 11.3 Å². The van der Waals surface area contributed by atoms with Gasteiger partial charge in [0.05, 0.1) is 0 Å². The number of allylic oxidation sites excluding steroid dienone is 3. The molecule has 0 spiro atoms. The fourth-order valence-electron chi connectivity index (χ4n) is 1.07. The van der Waals surface area contributed by atoms with Gasteiger partial charge >= 0.3 is 6.47 Å². The Bertz CT molecular complexity index is 377. The van der Waals surface area contributed by atoms with Crippen molar-refractivity contribution in [2.75, 3.05) is 5.73 Å². The molecule has 0 unspecified atom stereocenters. The standard InChI is InChI=1S/C12H12NO2/c1-2-3-4-12(15-9-14)10-5-7-11(13)8-6-10/h2-8H,13H2,1H3. The van der Waals surface area contributed by atoms with Crippen molar-refractivity contribution in [3.8, 4) is 0 Å².